The highest BCUT2D eigenvalue weighted by molar-refractivity contribution is 6.15. The second-order valence-corrected chi connectivity index (χ2v) is 7.05. The lowest BCUT2D eigenvalue weighted by atomic mass is 9.94. The van der Waals surface area contributed by atoms with Gasteiger partial charge in [-0.1, -0.05) is 18.2 Å². The van der Waals surface area contributed by atoms with Crippen molar-refractivity contribution in [1.29, 1.82) is 0 Å². The number of ketones is 1. The summed E-state index contributed by atoms with van der Waals surface area (Å²) in [6.07, 6.45) is 6.44. The van der Waals surface area contributed by atoms with Gasteiger partial charge in [-0.2, -0.15) is 0 Å². The van der Waals surface area contributed by atoms with E-state index in [-0.39, 0.29) is 17.9 Å². The number of benzene rings is 1. The van der Waals surface area contributed by atoms with Crippen LogP contribution in [0.2, 0.25) is 0 Å². The molecule has 3 aromatic heterocycles. The molecule has 0 fully saturated rings. The number of hydrogen-bond donors (Lipinski definition) is 2. The molecule has 2 N–H and O–H groups in total. The van der Waals surface area contributed by atoms with E-state index in [0.717, 1.165) is 22.0 Å². The predicted molar refractivity (Wildman–Crippen MR) is 109 cm³/mol. The summed E-state index contributed by atoms with van der Waals surface area (Å²) in [4.78, 5) is 34.9. The van der Waals surface area contributed by atoms with Gasteiger partial charge in [-0.25, -0.2) is 0 Å². The molecule has 1 amide bonds. The Hall–Kier alpha value is -4.13. The van der Waals surface area contributed by atoms with Gasteiger partial charge in [0.25, 0.3) is 5.91 Å². The van der Waals surface area contributed by atoms with Gasteiger partial charge >= 0.3 is 0 Å². The molecule has 0 saturated carbocycles. The Kier molecular flexibility index (Phi) is 4.21. The molecule has 4 heterocycles. The number of rotatable bonds is 5. The van der Waals surface area contributed by atoms with Gasteiger partial charge in [-0.05, 0) is 35.9 Å². The molecule has 1 aromatic carbocycles. The molecule has 1 aliphatic heterocycles. The largest absolute Gasteiger partial charge is 0.503 e. The van der Waals surface area contributed by atoms with Crippen LogP contribution in [-0.2, 0) is 11.3 Å². The monoisotopic (exact) mass is 399 g/mol. The van der Waals surface area contributed by atoms with Crippen LogP contribution < -0.4 is 0 Å². The standard InChI is InChI=1S/C23H17N3O4/c27-21(18-6-3-11-30-18)19-20(16-12-25-17-5-2-1-4-15(16)17)26(23(29)22(19)28)13-14-7-9-24-10-8-14/h1-12,20,25,28H,13H2. The number of pyridine rings is 1. The third kappa shape index (κ3) is 2.79. The number of para-hydroxylation sites is 1. The van der Waals surface area contributed by atoms with E-state index < -0.39 is 23.5 Å². The van der Waals surface area contributed by atoms with Crippen LogP contribution in [0.3, 0.4) is 0 Å². The molecule has 148 valence electrons. The molecule has 0 bridgehead atoms. The lowest BCUT2D eigenvalue weighted by molar-refractivity contribution is -0.130. The fourth-order valence-electron chi connectivity index (χ4n) is 3.92. The van der Waals surface area contributed by atoms with Crippen LogP contribution in [0, 0.1) is 0 Å². The SMILES string of the molecule is O=C(C1=C(O)C(=O)N(Cc2ccncc2)C1c1c[nH]c2ccccc12)c1ccco1. The summed E-state index contributed by atoms with van der Waals surface area (Å²) in [5, 5.41) is 11.6. The number of amides is 1. The molecule has 1 aliphatic rings. The minimum Gasteiger partial charge on any atom is -0.503 e. The van der Waals surface area contributed by atoms with Crippen LogP contribution in [0.25, 0.3) is 10.9 Å². The van der Waals surface area contributed by atoms with E-state index in [4.69, 9.17) is 4.42 Å². The Morgan fingerprint density at radius 3 is 2.70 bits per heavy atom. The van der Waals surface area contributed by atoms with Crippen molar-refractivity contribution < 1.29 is 19.1 Å². The molecular weight excluding hydrogens is 382 g/mol. The summed E-state index contributed by atoms with van der Waals surface area (Å²) in [6, 6.07) is 13.6. The molecule has 0 aliphatic carbocycles. The molecule has 1 atom stereocenters. The van der Waals surface area contributed by atoms with Crippen molar-refractivity contribution in [2.45, 2.75) is 12.6 Å². The summed E-state index contributed by atoms with van der Waals surface area (Å²) in [6.45, 7) is 0.213. The number of furan rings is 1. The Labute approximate surface area is 171 Å². The normalized spacial score (nSPS) is 16.6. The van der Waals surface area contributed by atoms with Gasteiger partial charge in [-0.15, -0.1) is 0 Å². The third-order valence-electron chi connectivity index (χ3n) is 5.31. The molecule has 30 heavy (non-hydrogen) atoms. The van der Waals surface area contributed by atoms with E-state index in [2.05, 4.69) is 9.97 Å². The number of H-pyrrole nitrogens is 1. The fraction of sp³-hybridized carbons (Fsp3) is 0.0870. The number of carbonyl (C=O) groups excluding carboxylic acids is 2. The van der Waals surface area contributed by atoms with Crippen LogP contribution >= 0.6 is 0 Å². The van der Waals surface area contributed by atoms with E-state index in [9.17, 15) is 14.7 Å². The first-order valence-corrected chi connectivity index (χ1v) is 9.42. The van der Waals surface area contributed by atoms with Crippen molar-refractivity contribution >= 4 is 22.6 Å². The lowest BCUT2D eigenvalue weighted by Gasteiger charge is -2.26. The number of Topliss-reactive ketones (excluding diaryl/α,β-unsaturated/α-hetero) is 1. The van der Waals surface area contributed by atoms with Crippen molar-refractivity contribution in [3.63, 3.8) is 0 Å². The summed E-state index contributed by atoms with van der Waals surface area (Å²) < 4.78 is 5.26. The van der Waals surface area contributed by atoms with Gasteiger partial charge in [0.1, 0.15) is 0 Å². The number of nitrogens with one attached hydrogen (secondary N) is 1. The smallest absolute Gasteiger partial charge is 0.290 e. The van der Waals surface area contributed by atoms with Crippen LogP contribution in [0.5, 0.6) is 0 Å². The first kappa shape index (κ1) is 17.9. The lowest BCUT2D eigenvalue weighted by Crippen LogP contribution is -2.30. The first-order chi connectivity index (χ1) is 14.6. The number of nitrogens with zero attached hydrogens (tertiary/aromatic N) is 2. The molecule has 5 rings (SSSR count). The fourth-order valence-corrected chi connectivity index (χ4v) is 3.92. The van der Waals surface area contributed by atoms with Gasteiger partial charge in [0.15, 0.2) is 11.5 Å². The average molecular weight is 399 g/mol. The topological polar surface area (TPSA) is 99.4 Å². The number of aromatic nitrogens is 2. The van der Waals surface area contributed by atoms with Crippen molar-refractivity contribution in [1.82, 2.24) is 14.9 Å². The maximum atomic E-state index is 13.2. The van der Waals surface area contributed by atoms with Crippen LogP contribution in [0.4, 0.5) is 0 Å². The maximum Gasteiger partial charge on any atom is 0.290 e. The van der Waals surface area contributed by atoms with Crippen molar-refractivity contribution in [3.05, 3.63) is 102 Å². The first-order valence-electron chi connectivity index (χ1n) is 9.42. The maximum absolute atomic E-state index is 13.2. The molecule has 0 saturated heterocycles. The van der Waals surface area contributed by atoms with Crippen molar-refractivity contribution in [2.24, 2.45) is 0 Å². The Balaban J connectivity index is 1.66. The highest BCUT2D eigenvalue weighted by Gasteiger charge is 2.45. The second kappa shape index (κ2) is 7.04. The average Bonchev–Trinajstić information content (AvgIpc) is 3.50. The zero-order valence-corrected chi connectivity index (χ0v) is 15.8. The number of aromatic amines is 1. The Bertz CT molecular complexity index is 1270. The number of fused-ring (bicyclic) bond motifs is 1. The molecule has 0 spiro atoms. The molecule has 1 unspecified atom stereocenters. The van der Waals surface area contributed by atoms with E-state index in [1.165, 1.54) is 17.2 Å². The van der Waals surface area contributed by atoms with Gasteiger partial charge in [-0.3, -0.25) is 14.6 Å². The molecule has 4 aromatic rings. The highest BCUT2D eigenvalue weighted by Crippen LogP contribution is 2.42. The van der Waals surface area contributed by atoms with E-state index in [1.807, 2.05) is 24.3 Å². The van der Waals surface area contributed by atoms with Gasteiger partial charge in [0.05, 0.1) is 17.9 Å². The quantitative estimate of drug-likeness (QED) is 0.495. The number of hydrogen-bond acceptors (Lipinski definition) is 5. The Morgan fingerprint density at radius 2 is 1.93 bits per heavy atom. The molecule has 7 nitrogen and oxygen atoms in total. The van der Waals surface area contributed by atoms with E-state index >= 15 is 0 Å². The number of aliphatic hydroxyl groups is 1. The summed E-state index contributed by atoms with van der Waals surface area (Å²) in [7, 11) is 0. The van der Waals surface area contributed by atoms with Crippen molar-refractivity contribution in [3.8, 4) is 0 Å². The number of carbonyl (C=O) groups is 2. The van der Waals surface area contributed by atoms with Crippen molar-refractivity contribution in [2.75, 3.05) is 0 Å². The van der Waals surface area contributed by atoms with Gasteiger partial charge in [0, 0.05) is 41.6 Å². The third-order valence-corrected chi connectivity index (χ3v) is 5.31. The zero-order valence-electron chi connectivity index (χ0n) is 15.8. The highest BCUT2D eigenvalue weighted by atomic mass is 16.3. The summed E-state index contributed by atoms with van der Waals surface area (Å²) in [5.74, 6) is -1.60. The minimum atomic E-state index is -0.764. The van der Waals surface area contributed by atoms with E-state index in [0.29, 0.717) is 0 Å². The van der Waals surface area contributed by atoms with Gasteiger partial charge < -0.3 is 19.4 Å². The molecular formula is C23H17N3O4. The predicted octanol–water partition coefficient (Wildman–Crippen LogP) is 3.93. The van der Waals surface area contributed by atoms with E-state index in [1.54, 1.807) is 36.8 Å². The van der Waals surface area contributed by atoms with Crippen LogP contribution in [-0.4, -0.2) is 31.7 Å². The molecule has 7 heteroatoms. The minimum absolute atomic E-state index is 0.00811. The zero-order chi connectivity index (χ0) is 20.7. The summed E-state index contributed by atoms with van der Waals surface area (Å²) >= 11 is 0. The molecule has 0 radical (unpaired) electrons. The van der Waals surface area contributed by atoms with Crippen LogP contribution in [0.15, 0.2) is 89.1 Å². The summed E-state index contributed by atoms with van der Waals surface area (Å²) in [5.41, 5.74) is 2.45. The second-order valence-electron chi connectivity index (χ2n) is 7.05. The van der Waals surface area contributed by atoms with Crippen LogP contribution in [0.1, 0.15) is 27.7 Å². The van der Waals surface area contributed by atoms with Gasteiger partial charge in [0.2, 0.25) is 5.78 Å². The number of aliphatic hydroxyl groups excluding tert-OH is 1. The Morgan fingerprint density at radius 1 is 1.13 bits per heavy atom.